The van der Waals surface area contributed by atoms with Gasteiger partial charge in [0.1, 0.15) is 0 Å². The molecule has 6 heteroatoms. The molecule has 4 rings (SSSR count). The number of rotatable bonds is 4. The summed E-state index contributed by atoms with van der Waals surface area (Å²) in [6.45, 7) is 3.80. The average Bonchev–Trinajstić information content (AvgIpc) is 3.02. The summed E-state index contributed by atoms with van der Waals surface area (Å²) in [4.78, 5) is 24.6. The lowest BCUT2D eigenvalue weighted by Crippen LogP contribution is -2.32. The summed E-state index contributed by atoms with van der Waals surface area (Å²) in [5.74, 6) is -0.0869. The van der Waals surface area contributed by atoms with Crippen LogP contribution in [-0.2, 0) is 7.05 Å². The molecule has 1 atom stereocenters. The number of aryl methyl sites for hydroxylation is 3. The quantitative estimate of drug-likeness (QED) is 0.535. The summed E-state index contributed by atoms with van der Waals surface area (Å²) < 4.78 is 1.72. The number of hydrogen-bond donors (Lipinski definition) is 0. The third-order valence-electron chi connectivity index (χ3n) is 5.12. The molecule has 0 saturated carbocycles. The van der Waals surface area contributed by atoms with Gasteiger partial charge in [0.25, 0.3) is 5.91 Å². The van der Waals surface area contributed by atoms with E-state index < -0.39 is 0 Å². The molecule has 29 heavy (non-hydrogen) atoms. The van der Waals surface area contributed by atoms with Gasteiger partial charge in [-0.2, -0.15) is 5.10 Å². The van der Waals surface area contributed by atoms with Gasteiger partial charge in [0.05, 0.1) is 28.4 Å². The van der Waals surface area contributed by atoms with Crippen molar-refractivity contribution in [2.45, 2.75) is 19.9 Å². The minimum atomic E-state index is -0.301. The molecule has 146 valence electrons. The highest BCUT2D eigenvalue weighted by molar-refractivity contribution is 6.06. The molecule has 0 aliphatic rings. The molecular weight excluding hydrogens is 362 g/mol. The van der Waals surface area contributed by atoms with E-state index in [0.717, 1.165) is 28.0 Å². The van der Waals surface area contributed by atoms with Gasteiger partial charge in [0, 0.05) is 26.0 Å². The zero-order chi connectivity index (χ0) is 20.5. The van der Waals surface area contributed by atoms with E-state index in [1.165, 1.54) is 0 Å². The number of hydrogen-bond acceptors (Lipinski definition) is 4. The van der Waals surface area contributed by atoms with E-state index >= 15 is 0 Å². The number of pyridine rings is 2. The number of aromatic nitrogens is 4. The van der Waals surface area contributed by atoms with E-state index in [2.05, 4.69) is 15.1 Å². The zero-order valence-corrected chi connectivity index (χ0v) is 17.0. The SMILES string of the molecule is Cc1cc(C(=O)N(C)C(c2ccccc2)c2ccccn2)c2c(C)nn(C)c2n1. The molecule has 3 heterocycles. The maximum Gasteiger partial charge on any atom is 0.255 e. The van der Waals surface area contributed by atoms with Gasteiger partial charge in [-0.3, -0.25) is 14.5 Å². The second-order valence-electron chi connectivity index (χ2n) is 7.20. The van der Waals surface area contributed by atoms with Crippen LogP contribution in [0, 0.1) is 13.8 Å². The maximum atomic E-state index is 13.7. The molecule has 4 aromatic rings. The van der Waals surface area contributed by atoms with Gasteiger partial charge < -0.3 is 4.90 Å². The smallest absolute Gasteiger partial charge is 0.255 e. The third-order valence-corrected chi connectivity index (χ3v) is 5.12. The number of amides is 1. The molecule has 1 amide bonds. The van der Waals surface area contributed by atoms with Crippen LogP contribution >= 0.6 is 0 Å². The largest absolute Gasteiger partial charge is 0.329 e. The number of nitrogens with zero attached hydrogens (tertiary/aromatic N) is 5. The lowest BCUT2D eigenvalue weighted by atomic mass is 10.00. The highest BCUT2D eigenvalue weighted by Crippen LogP contribution is 2.30. The number of fused-ring (bicyclic) bond motifs is 1. The molecule has 1 unspecified atom stereocenters. The molecule has 6 nitrogen and oxygen atoms in total. The Hall–Kier alpha value is -3.54. The fourth-order valence-corrected chi connectivity index (χ4v) is 3.81. The Kier molecular flexibility index (Phi) is 4.84. The summed E-state index contributed by atoms with van der Waals surface area (Å²) in [5.41, 5.74) is 4.73. The van der Waals surface area contributed by atoms with Gasteiger partial charge >= 0.3 is 0 Å². The Morgan fingerprint density at radius 2 is 1.79 bits per heavy atom. The van der Waals surface area contributed by atoms with Gasteiger partial charge in [0.15, 0.2) is 5.65 Å². The molecule has 0 radical (unpaired) electrons. The van der Waals surface area contributed by atoms with Crippen molar-refractivity contribution in [1.29, 1.82) is 0 Å². The van der Waals surface area contributed by atoms with Crippen LogP contribution in [0.15, 0.2) is 60.8 Å². The van der Waals surface area contributed by atoms with Gasteiger partial charge in [-0.1, -0.05) is 36.4 Å². The minimum Gasteiger partial charge on any atom is -0.329 e. The first-order valence-corrected chi connectivity index (χ1v) is 9.51. The number of benzene rings is 1. The van der Waals surface area contributed by atoms with Crippen molar-refractivity contribution in [2.75, 3.05) is 7.05 Å². The molecule has 0 fully saturated rings. The van der Waals surface area contributed by atoms with Gasteiger partial charge in [-0.15, -0.1) is 0 Å². The van der Waals surface area contributed by atoms with Crippen molar-refractivity contribution >= 4 is 16.9 Å². The third kappa shape index (κ3) is 3.38. The summed E-state index contributed by atoms with van der Waals surface area (Å²) in [6, 6.07) is 17.3. The van der Waals surface area contributed by atoms with Crippen molar-refractivity contribution in [1.82, 2.24) is 24.6 Å². The van der Waals surface area contributed by atoms with Crippen LogP contribution in [0.25, 0.3) is 11.0 Å². The molecule has 1 aromatic carbocycles. The summed E-state index contributed by atoms with van der Waals surface area (Å²) >= 11 is 0. The molecule has 0 bridgehead atoms. The molecule has 0 spiro atoms. The fourth-order valence-electron chi connectivity index (χ4n) is 3.81. The Morgan fingerprint density at radius 3 is 2.48 bits per heavy atom. The van der Waals surface area contributed by atoms with Crippen LogP contribution in [0.2, 0.25) is 0 Å². The molecule has 0 saturated heterocycles. The van der Waals surface area contributed by atoms with Crippen LogP contribution < -0.4 is 0 Å². The van der Waals surface area contributed by atoms with Crippen LogP contribution in [0.3, 0.4) is 0 Å². The number of carbonyl (C=O) groups excluding carboxylic acids is 1. The lowest BCUT2D eigenvalue weighted by Gasteiger charge is -2.28. The highest BCUT2D eigenvalue weighted by Gasteiger charge is 2.28. The molecular formula is C23H23N5O. The summed E-state index contributed by atoms with van der Waals surface area (Å²) in [7, 11) is 3.67. The normalized spacial score (nSPS) is 12.1. The summed E-state index contributed by atoms with van der Waals surface area (Å²) in [5, 5.41) is 5.26. The molecule has 0 aliphatic heterocycles. The standard InChI is InChI=1S/C23H23N5O/c1-15-14-18(20-16(2)26-28(4)22(20)25-15)23(29)27(3)21(17-10-6-5-7-11-17)19-12-8-9-13-24-19/h5-14,21H,1-4H3. The van der Waals surface area contributed by atoms with Crippen molar-refractivity contribution in [3.05, 3.63) is 89.0 Å². The second-order valence-corrected chi connectivity index (χ2v) is 7.20. The Balaban J connectivity index is 1.85. The van der Waals surface area contributed by atoms with Crippen LogP contribution in [0.4, 0.5) is 0 Å². The first kappa shape index (κ1) is 18.8. The van der Waals surface area contributed by atoms with Crippen LogP contribution in [-0.4, -0.2) is 37.6 Å². The first-order valence-electron chi connectivity index (χ1n) is 9.51. The zero-order valence-electron chi connectivity index (χ0n) is 17.0. The predicted octanol–water partition coefficient (Wildman–Crippen LogP) is 3.84. The Labute approximate surface area is 169 Å². The van der Waals surface area contributed by atoms with Gasteiger partial charge in [-0.25, -0.2) is 4.98 Å². The van der Waals surface area contributed by atoms with Crippen molar-refractivity contribution in [3.63, 3.8) is 0 Å². The van der Waals surface area contributed by atoms with E-state index in [4.69, 9.17) is 0 Å². The van der Waals surface area contributed by atoms with Gasteiger partial charge in [0.2, 0.25) is 0 Å². The van der Waals surface area contributed by atoms with Crippen molar-refractivity contribution in [3.8, 4) is 0 Å². The van der Waals surface area contributed by atoms with E-state index in [-0.39, 0.29) is 11.9 Å². The Bertz CT molecular complexity index is 1130. The molecule has 3 aromatic heterocycles. The lowest BCUT2D eigenvalue weighted by molar-refractivity contribution is 0.0754. The van der Waals surface area contributed by atoms with E-state index in [1.807, 2.05) is 82.5 Å². The monoisotopic (exact) mass is 385 g/mol. The van der Waals surface area contributed by atoms with Gasteiger partial charge in [-0.05, 0) is 37.6 Å². The Morgan fingerprint density at radius 1 is 1.07 bits per heavy atom. The average molecular weight is 385 g/mol. The number of carbonyl (C=O) groups is 1. The highest BCUT2D eigenvalue weighted by atomic mass is 16.2. The minimum absolute atomic E-state index is 0.0869. The maximum absolute atomic E-state index is 13.7. The van der Waals surface area contributed by atoms with Crippen molar-refractivity contribution < 1.29 is 4.79 Å². The van der Waals surface area contributed by atoms with Crippen LogP contribution in [0.1, 0.15) is 39.0 Å². The van der Waals surface area contributed by atoms with Crippen molar-refractivity contribution in [2.24, 2.45) is 7.05 Å². The fraction of sp³-hybridized carbons (Fsp3) is 0.217. The van der Waals surface area contributed by atoms with E-state index in [0.29, 0.717) is 11.2 Å². The van der Waals surface area contributed by atoms with E-state index in [1.54, 1.807) is 15.8 Å². The first-order chi connectivity index (χ1) is 14.0. The molecule has 0 aliphatic carbocycles. The second kappa shape index (κ2) is 7.47. The van der Waals surface area contributed by atoms with Crippen LogP contribution in [0.5, 0.6) is 0 Å². The molecule has 0 N–H and O–H groups in total. The summed E-state index contributed by atoms with van der Waals surface area (Å²) in [6.07, 6.45) is 1.75. The predicted molar refractivity (Wildman–Crippen MR) is 113 cm³/mol. The van der Waals surface area contributed by atoms with E-state index in [9.17, 15) is 4.79 Å². The topological polar surface area (TPSA) is 63.9 Å².